The second-order valence-corrected chi connectivity index (χ2v) is 3.48. The summed E-state index contributed by atoms with van der Waals surface area (Å²) in [6.07, 6.45) is 7.25. The third-order valence-electron chi connectivity index (χ3n) is 2.16. The molecular weight excluding hydrogens is 224 g/mol. The molecule has 0 fully saturated rings. The Hall–Kier alpha value is -1.68. The van der Waals surface area contributed by atoms with Crippen LogP contribution in [0.25, 0.3) is 16.9 Å². The van der Waals surface area contributed by atoms with Crippen LogP contribution in [0.4, 0.5) is 0 Å². The van der Waals surface area contributed by atoms with Crippen molar-refractivity contribution in [2.45, 2.75) is 13.8 Å². The topological polar surface area (TPSA) is 43.1 Å². The quantitative estimate of drug-likeness (QED) is 0.592. The smallest absolute Gasteiger partial charge is 0.224 e. The summed E-state index contributed by atoms with van der Waals surface area (Å²) >= 11 is 5.78. The Morgan fingerprint density at radius 2 is 2.31 bits per heavy atom. The predicted octanol–water partition coefficient (Wildman–Crippen LogP) is 2.99. The third kappa shape index (κ3) is 1.84. The Morgan fingerprint density at radius 1 is 1.50 bits per heavy atom. The van der Waals surface area contributed by atoms with Gasteiger partial charge < -0.3 is 0 Å². The largest absolute Gasteiger partial charge is 0.286 e. The van der Waals surface area contributed by atoms with Crippen LogP contribution < -0.4 is 0 Å². The van der Waals surface area contributed by atoms with E-state index in [0.717, 1.165) is 16.9 Å². The summed E-state index contributed by atoms with van der Waals surface area (Å²) in [6.45, 7) is 3.80. The van der Waals surface area contributed by atoms with Gasteiger partial charge in [0.2, 0.25) is 5.28 Å². The Balaban J connectivity index is 2.65. The Morgan fingerprint density at radius 3 is 3.00 bits per heavy atom. The van der Waals surface area contributed by atoms with Crippen molar-refractivity contribution in [2.75, 3.05) is 0 Å². The van der Waals surface area contributed by atoms with E-state index in [1.54, 1.807) is 12.4 Å². The summed E-state index contributed by atoms with van der Waals surface area (Å²) in [5, 5.41) is 1.18. The Kier molecular flexibility index (Phi) is 3.01. The number of aromatic nitrogens is 3. The van der Waals surface area contributed by atoms with Crippen LogP contribution >= 0.6 is 11.6 Å². The normalized spacial score (nSPS) is 12.8. The summed E-state index contributed by atoms with van der Waals surface area (Å²) < 4.78 is 1.88. The molecule has 0 N–H and O–H groups in total. The summed E-state index contributed by atoms with van der Waals surface area (Å²) in [7, 11) is 0. The highest BCUT2D eigenvalue weighted by molar-refractivity contribution is 6.28. The molecule has 2 rings (SSSR count). The first-order chi connectivity index (χ1) is 7.76. The van der Waals surface area contributed by atoms with Crippen LogP contribution in [0.3, 0.4) is 0 Å². The van der Waals surface area contributed by atoms with Crippen LogP contribution in [-0.2, 0) is 0 Å². The van der Waals surface area contributed by atoms with Gasteiger partial charge in [0.05, 0.1) is 0 Å². The number of aliphatic imine (C=N–C) groups is 1. The van der Waals surface area contributed by atoms with Gasteiger partial charge in [0, 0.05) is 24.0 Å². The molecule has 0 saturated carbocycles. The lowest BCUT2D eigenvalue weighted by Crippen LogP contribution is -1.95. The van der Waals surface area contributed by atoms with Crippen LogP contribution in [0, 0.1) is 0 Å². The molecule has 82 valence electrons. The molecule has 0 spiro atoms. The molecule has 5 heteroatoms. The van der Waals surface area contributed by atoms with Crippen molar-refractivity contribution >= 4 is 34.7 Å². The summed E-state index contributed by atoms with van der Waals surface area (Å²) in [4.78, 5) is 12.4. The third-order valence-corrected chi connectivity index (χ3v) is 2.35. The van der Waals surface area contributed by atoms with Gasteiger partial charge in [-0.05, 0) is 37.6 Å². The maximum Gasteiger partial charge on any atom is 0.224 e. The molecule has 0 aliphatic rings. The lowest BCUT2D eigenvalue weighted by molar-refractivity contribution is 1.07. The molecule has 2 aromatic heterocycles. The zero-order chi connectivity index (χ0) is 11.5. The summed E-state index contributed by atoms with van der Waals surface area (Å²) in [5.74, 6) is 0.812. The minimum atomic E-state index is 0.239. The molecule has 0 atom stereocenters. The first-order valence-electron chi connectivity index (χ1n) is 4.91. The fourth-order valence-electron chi connectivity index (χ4n) is 1.49. The van der Waals surface area contributed by atoms with Crippen LogP contribution in [0.5, 0.6) is 0 Å². The first-order valence-corrected chi connectivity index (χ1v) is 5.29. The molecule has 0 aliphatic heterocycles. The van der Waals surface area contributed by atoms with E-state index in [-0.39, 0.29) is 5.28 Å². The van der Waals surface area contributed by atoms with Crippen LogP contribution in [0.15, 0.2) is 29.5 Å². The number of rotatable bonds is 2. The van der Waals surface area contributed by atoms with E-state index in [0.29, 0.717) is 0 Å². The number of hydrogen-bond donors (Lipinski definition) is 0. The molecule has 0 aromatic carbocycles. The van der Waals surface area contributed by atoms with Gasteiger partial charge in [0.25, 0.3) is 0 Å². The van der Waals surface area contributed by atoms with Crippen molar-refractivity contribution in [3.05, 3.63) is 29.8 Å². The summed E-state index contributed by atoms with van der Waals surface area (Å²) in [6, 6.07) is 1.93. The standard InChI is InChI=1S/C11H11ClN4/c1-3-9(13-4-2)16-6-5-8-7-14-11(12)15-10(8)16/h3-7H,1-2H3/b9-3+,13-4-. The van der Waals surface area contributed by atoms with Gasteiger partial charge in [-0.15, -0.1) is 0 Å². The van der Waals surface area contributed by atoms with Gasteiger partial charge >= 0.3 is 0 Å². The number of fused-ring (bicyclic) bond motifs is 1. The highest BCUT2D eigenvalue weighted by atomic mass is 35.5. The minimum absolute atomic E-state index is 0.239. The zero-order valence-electron chi connectivity index (χ0n) is 9.05. The van der Waals surface area contributed by atoms with E-state index in [2.05, 4.69) is 15.0 Å². The van der Waals surface area contributed by atoms with Crippen LogP contribution in [-0.4, -0.2) is 20.7 Å². The van der Waals surface area contributed by atoms with E-state index < -0.39 is 0 Å². The van der Waals surface area contributed by atoms with E-state index in [9.17, 15) is 0 Å². The molecule has 4 nitrogen and oxygen atoms in total. The van der Waals surface area contributed by atoms with Gasteiger partial charge in [-0.3, -0.25) is 4.57 Å². The predicted molar refractivity (Wildman–Crippen MR) is 66.7 cm³/mol. The molecule has 0 bridgehead atoms. The second kappa shape index (κ2) is 4.45. The molecule has 0 amide bonds. The van der Waals surface area contributed by atoms with E-state index >= 15 is 0 Å². The fraction of sp³-hybridized carbons (Fsp3) is 0.182. The SMILES string of the molecule is C/C=N\C(=C/C)n1ccc2cnc(Cl)nc21. The van der Waals surface area contributed by atoms with Crippen molar-refractivity contribution in [1.29, 1.82) is 0 Å². The molecule has 0 radical (unpaired) electrons. The average molecular weight is 235 g/mol. The van der Waals surface area contributed by atoms with E-state index in [1.165, 1.54) is 0 Å². The fourth-order valence-corrected chi connectivity index (χ4v) is 1.62. The van der Waals surface area contributed by atoms with E-state index in [4.69, 9.17) is 11.6 Å². The first kappa shape index (κ1) is 10.8. The van der Waals surface area contributed by atoms with Crippen LogP contribution in [0.1, 0.15) is 13.8 Å². The monoisotopic (exact) mass is 234 g/mol. The van der Waals surface area contributed by atoms with Gasteiger partial charge in [0.15, 0.2) is 5.65 Å². The molecule has 0 unspecified atom stereocenters. The lowest BCUT2D eigenvalue weighted by Gasteiger charge is -2.03. The Bertz CT molecular complexity index is 568. The van der Waals surface area contributed by atoms with E-state index in [1.807, 2.05) is 36.8 Å². The minimum Gasteiger partial charge on any atom is -0.286 e. The number of nitrogens with zero attached hydrogens (tertiary/aromatic N) is 4. The van der Waals surface area contributed by atoms with Crippen molar-refractivity contribution < 1.29 is 0 Å². The summed E-state index contributed by atoms with van der Waals surface area (Å²) in [5.41, 5.74) is 0.763. The van der Waals surface area contributed by atoms with Gasteiger partial charge in [0.1, 0.15) is 5.82 Å². The van der Waals surface area contributed by atoms with Crippen molar-refractivity contribution in [3.8, 4) is 0 Å². The van der Waals surface area contributed by atoms with Crippen molar-refractivity contribution in [1.82, 2.24) is 14.5 Å². The Labute approximate surface area is 98.3 Å². The molecule has 0 aliphatic carbocycles. The maximum atomic E-state index is 5.78. The van der Waals surface area contributed by atoms with Gasteiger partial charge in [-0.1, -0.05) is 0 Å². The molecule has 0 saturated heterocycles. The highest BCUT2D eigenvalue weighted by Crippen LogP contribution is 2.19. The maximum absolute atomic E-state index is 5.78. The zero-order valence-corrected chi connectivity index (χ0v) is 9.81. The van der Waals surface area contributed by atoms with Crippen LogP contribution in [0.2, 0.25) is 5.28 Å². The van der Waals surface area contributed by atoms with Gasteiger partial charge in [-0.25, -0.2) is 9.98 Å². The second-order valence-electron chi connectivity index (χ2n) is 3.14. The number of halogens is 1. The van der Waals surface area contributed by atoms with Crippen molar-refractivity contribution in [2.24, 2.45) is 4.99 Å². The number of hydrogen-bond acceptors (Lipinski definition) is 3. The molecular formula is C11H11ClN4. The highest BCUT2D eigenvalue weighted by Gasteiger charge is 2.06. The number of allylic oxidation sites excluding steroid dienone is 1. The molecule has 16 heavy (non-hydrogen) atoms. The average Bonchev–Trinajstić information content (AvgIpc) is 2.69. The molecule has 2 heterocycles. The lowest BCUT2D eigenvalue weighted by atomic mass is 10.4. The molecule has 2 aromatic rings. The van der Waals surface area contributed by atoms with Gasteiger partial charge in [-0.2, -0.15) is 4.98 Å². The van der Waals surface area contributed by atoms with Crippen molar-refractivity contribution in [3.63, 3.8) is 0 Å².